The molecule has 0 saturated carbocycles. The Morgan fingerprint density at radius 1 is 1.27 bits per heavy atom. The van der Waals surface area contributed by atoms with E-state index in [0.29, 0.717) is 11.3 Å². The number of halogens is 1. The molecule has 1 heterocycles. The van der Waals surface area contributed by atoms with Crippen molar-refractivity contribution < 1.29 is 4.39 Å². The van der Waals surface area contributed by atoms with Crippen LogP contribution in [0.2, 0.25) is 0 Å². The highest BCUT2D eigenvalue weighted by atomic mass is 19.1. The van der Waals surface area contributed by atoms with E-state index in [0.717, 1.165) is 5.69 Å². The number of aryl methyl sites for hydroxylation is 2. The van der Waals surface area contributed by atoms with E-state index in [1.165, 1.54) is 16.8 Å². The second-order valence-electron chi connectivity index (χ2n) is 3.55. The Kier molecular flexibility index (Phi) is 2.19. The fraction of sp³-hybridized carbons (Fsp3) is 0.182. The summed E-state index contributed by atoms with van der Waals surface area (Å²) in [5.41, 5.74) is 1.64. The minimum Gasteiger partial charge on any atom is -0.295 e. The first-order valence-electron chi connectivity index (χ1n) is 4.63. The number of rotatable bonds is 1. The fourth-order valence-corrected chi connectivity index (χ4v) is 1.43. The van der Waals surface area contributed by atoms with Crippen LogP contribution in [-0.2, 0) is 0 Å². The third-order valence-electron chi connectivity index (χ3n) is 2.26. The van der Waals surface area contributed by atoms with Crippen molar-refractivity contribution in [1.29, 1.82) is 0 Å². The molecular formula is C11H11FN2O. The van der Waals surface area contributed by atoms with Crippen molar-refractivity contribution in [2.24, 2.45) is 0 Å². The quantitative estimate of drug-likeness (QED) is 0.760. The molecule has 0 bridgehead atoms. The summed E-state index contributed by atoms with van der Waals surface area (Å²) in [4.78, 5) is 11.4. The van der Waals surface area contributed by atoms with Gasteiger partial charge in [-0.15, -0.1) is 0 Å². The van der Waals surface area contributed by atoms with Crippen LogP contribution < -0.4 is 5.56 Å². The third-order valence-corrected chi connectivity index (χ3v) is 2.26. The molecule has 0 amide bonds. The van der Waals surface area contributed by atoms with Crippen LogP contribution in [0.4, 0.5) is 4.39 Å². The van der Waals surface area contributed by atoms with E-state index in [4.69, 9.17) is 0 Å². The summed E-state index contributed by atoms with van der Waals surface area (Å²) in [6.07, 6.45) is 0. The monoisotopic (exact) mass is 206 g/mol. The Hall–Kier alpha value is -1.84. The SMILES string of the molecule is Cc1cc(=O)n(-c2ccc(C)c(F)c2)[nH]1. The zero-order valence-electron chi connectivity index (χ0n) is 8.54. The number of hydrogen-bond acceptors (Lipinski definition) is 1. The van der Waals surface area contributed by atoms with E-state index >= 15 is 0 Å². The standard InChI is InChI=1S/C11H11FN2O/c1-7-3-4-9(6-10(7)12)14-11(15)5-8(2)13-14/h3-6,13H,1-2H3. The molecule has 78 valence electrons. The van der Waals surface area contributed by atoms with Crippen LogP contribution in [0.5, 0.6) is 0 Å². The van der Waals surface area contributed by atoms with Gasteiger partial charge in [0, 0.05) is 11.8 Å². The first-order valence-corrected chi connectivity index (χ1v) is 4.63. The Balaban J connectivity index is 2.59. The molecule has 1 aromatic carbocycles. The first-order chi connectivity index (χ1) is 7.08. The van der Waals surface area contributed by atoms with Crippen molar-refractivity contribution in [2.75, 3.05) is 0 Å². The zero-order chi connectivity index (χ0) is 11.0. The van der Waals surface area contributed by atoms with Crippen molar-refractivity contribution in [1.82, 2.24) is 9.78 Å². The number of nitrogens with one attached hydrogen (secondary N) is 1. The van der Waals surface area contributed by atoms with Gasteiger partial charge in [0.05, 0.1) is 5.69 Å². The molecule has 3 nitrogen and oxygen atoms in total. The van der Waals surface area contributed by atoms with Gasteiger partial charge in [0.15, 0.2) is 0 Å². The summed E-state index contributed by atoms with van der Waals surface area (Å²) in [6.45, 7) is 3.46. The van der Waals surface area contributed by atoms with Crippen molar-refractivity contribution in [3.8, 4) is 5.69 Å². The molecular weight excluding hydrogens is 195 g/mol. The van der Waals surface area contributed by atoms with E-state index in [2.05, 4.69) is 5.10 Å². The third kappa shape index (κ3) is 1.70. The topological polar surface area (TPSA) is 37.8 Å². The van der Waals surface area contributed by atoms with E-state index in [1.54, 1.807) is 26.0 Å². The lowest BCUT2D eigenvalue weighted by molar-refractivity contribution is 0.615. The summed E-state index contributed by atoms with van der Waals surface area (Å²) in [5.74, 6) is -0.313. The summed E-state index contributed by atoms with van der Waals surface area (Å²) in [6, 6.07) is 6.16. The predicted octanol–water partition coefficient (Wildman–Crippen LogP) is 1.92. The van der Waals surface area contributed by atoms with Crippen LogP contribution in [-0.4, -0.2) is 9.78 Å². The summed E-state index contributed by atoms with van der Waals surface area (Å²) < 4.78 is 14.6. The summed E-state index contributed by atoms with van der Waals surface area (Å²) >= 11 is 0. The van der Waals surface area contributed by atoms with Crippen molar-refractivity contribution in [3.05, 3.63) is 51.7 Å². The molecule has 0 radical (unpaired) electrons. The minimum atomic E-state index is -0.313. The molecule has 1 N–H and O–H groups in total. The van der Waals surface area contributed by atoms with Crippen LogP contribution in [0.3, 0.4) is 0 Å². The van der Waals surface area contributed by atoms with Gasteiger partial charge in [-0.25, -0.2) is 9.07 Å². The zero-order valence-corrected chi connectivity index (χ0v) is 8.54. The van der Waals surface area contributed by atoms with Crippen LogP contribution in [0.25, 0.3) is 5.69 Å². The van der Waals surface area contributed by atoms with Gasteiger partial charge in [-0.3, -0.25) is 9.89 Å². The van der Waals surface area contributed by atoms with Crippen molar-refractivity contribution in [3.63, 3.8) is 0 Å². The van der Waals surface area contributed by atoms with Gasteiger partial charge in [0.2, 0.25) is 0 Å². The molecule has 0 fully saturated rings. The average Bonchev–Trinajstić information content (AvgIpc) is 2.50. The minimum absolute atomic E-state index is 0.184. The molecule has 2 rings (SSSR count). The number of aromatic amines is 1. The lowest BCUT2D eigenvalue weighted by atomic mass is 10.2. The first kappa shape index (κ1) is 9.71. The van der Waals surface area contributed by atoms with Gasteiger partial charge >= 0.3 is 0 Å². The summed E-state index contributed by atoms with van der Waals surface area (Å²) in [5, 5.41) is 2.84. The van der Waals surface area contributed by atoms with Crippen molar-refractivity contribution >= 4 is 0 Å². The van der Waals surface area contributed by atoms with E-state index in [-0.39, 0.29) is 11.4 Å². The molecule has 0 unspecified atom stereocenters. The Labute approximate surface area is 86.2 Å². The largest absolute Gasteiger partial charge is 0.295 e. The normalized spacial score (nSPS) is 10.6. The van der Waals surface area contributed by atoms with Crippen LogP contribution in [0.1, 0.15) is 11.3 Å². The number of nitrogens with zero attached hydrogens (tertiary/aromatic N) is 1. The smallest absolute Gasteiger partial charge is 0.271 e. The summed E-state index contributed by atoms with van der Waals surface area (Å²) in [7, 11) is 0. The van der Waals surface area contributed by atoms with Crippen LogP contribution >= 0.6 is 0 Å². The van der Waals surface area contributed by atoms with Gasteiger partial charge in [-0.1, -0.05) is 6.07 Å². The molecule has 0 aliphatic carbocycles. The molecule has 15 heavy (non-hydrogen) atoms. The van der Waals surface area contributed by atoms with Crippen LogP contribution in [0, 0.1) is 19.7 Å². The Bertz CT molecular complexity index is 554. The molecule has 1 aromatic heterocycles. The highest BCUT2D eigenvalue weighted by Gasteiger charge is 2.04. The van der Waals surface area contributed by atoms with Crippen LogP contribution in [0.15, 0.2) is 29.1 Å². The van der Waals surface area contributed by atoms with Crippen molar-refractivity contribution in [2.45, 2.75) is 13.8 Å². The molecule has 0 spiro atoms. The van der Waals surface area contributed by atoms with Gasteiger partial charge in [-0.2, -0.15) is 0 Å². The average molecular weight is 206 g/mol. The van der Waals surface area contributed by atoms with Gasteiger partial charge in [0.1, 0.15) is 5.82 Å². The van der Waals surface area contributed by atoms with E-state index in [9.17, 15) is 9.18 Å². The lowest BCUT2D eigenvalue weighted by Gasteiger charge is -2.03. The molecule has 0 aliphatic heterocycles. The molecule has 0 atom stereocenters. The predicted molar refractivity (Wildman–Crippen MR) is 55.8 cm³/mol. The van der Waals surface area contributed by atoms with Gasteiger partial charge in [0.25, 0.3) is 5.56 Å². The maximum atomic E-state index is 13.3. The van der Waals surface area contributed by atoms with E-state index < -0.39 is 0 Å². The van der Waals surface area contributed by atoms with Gasteiger partial charge in [-0.05, 0) is 31.5 Å². The highest BCUT2D eigenvalue weighted by molar-refractivity contribution is 5.34. The molecule has 2 aromatic rings. The molecule has 0 saturated heterocycles. The lowest BCUT2D eigenvalue weighted by Crippen LogP contribution is -2.13. The Morgan fingerprint density at radius 3 is 2.53 bits per heavy atom. The maximum Gasteiger partial charge on any atom is 0.271 e. The second-order valence-corrected chi connectivity index (χ2v) is 3.55. The maximum absolute atomic E-state index is 13.3. The molecule has 0 aliphatic rings. The highest BCUT2D eigenvalue weighted by Crippen LogP contribution is 2.11. The van der Waals surface area contributed by atoms with Gasteiger partial charge < -0.3 is 0 Å². The fourth-order valence-electron chi connectivity index (χ4n) is 1.43. The molecule has 4 heteroatoms. The van der Waals surface area contributed by atoms with E-state index in [1.807, 2.05) is 0 Å². The number of H-pyrrole nitrogens is 1. The second kappa shape index (κ2) is 3.38. The Morgan fingerprint density at radius 2 is 2.00 bits per heavy atom. The number of aromatic nitrogens is 2. The number of benzene rings is 1. The number of hydrogen-bond donors (Lipinski definition) is 1.